The summed E-state index contributed by atoms with van der Waals surface area (Å²) < 4.78 is 5.13. The molecule has 1 aliphatic rings. The van der Waals surface area contributed by atoms with Gasteiger partial charge in [0.1, 0.15) is 11.5 Å². The smallest absolute Gasteiger partial charge is 0.317 e. The first-order valence-corrected chi connectivity index (χ1v) is 8.53. The van der Waals surface area contributed by atoms with Gasteiger partial charge in [0, 0.05) is 38.3 Å². The molecule has 7 nitrogen and oxygen atoms in total. The summed E-state index contributed by atoms with van der Waals surface area (Å²) in [5.41, 5.74) is 2.76. The van der Waals surface area contributed by atoms with E-state index in [1.807, 2.05) is 36.9 Å². The highest BCUT2D eigenvalue weighted by Crippen LogP contribution is 2.27. The average molecular weight is 344 g/mol. The number of hydrogen-bond donors (Lipinski definition) is 2. The Bertz CT molecular complexity index is 716. The van der Waals surface area contributed by atoms with Gasteiger partial charge in [-0.2, -0.15) is 0 Å². The summed E-state index contributed by atoms with van der Waals surface area (Å²) in [7, 11) is 0. The number of carbonyl (C=O) groups excluding carboxylic acids is 1. The van der Waals surface area contributed by atoms with Crippen molar-refractivity contribution in [3.63, 3.8) is 0 Å². The predicted octanol–water partition coefficient (Wildman–Crippen LogP) is 2.07. The van der Waals surface area contributed by atoms with Crippen LogP contribution in [-0.4, -0.2) is 53.9 Å². The highest BCUT2D eigenvalue weighted by atomic mass is 16.5. The summed E-state index contributed by atoms with van der Waals surface area (Å²) in [5.74, 6) is 1.09. The lowest BCUT2D eigenvalue weighted by Crippen LogP contribution is -2.52. The summed E-state index contributed by atoms with van der Waals surface area (Å²) in [6.45, 7) is 7.02. The second kappa shape index (κ2) is 7.46. The van der Waals surface area contributed by atoms with Crippen molar-refractivity contribution in [1.29, 1.82) is 0 Å². The van der Waals surface area contributed by atoms with E-state index < -0.39 is 0 Å². The highest BCUT2D eigenvalue weighted by molar-refractivity contribution is 5.74. The number of phenols is 1. The second-order valence-electron chi connectivity index (χ2n) is 6.25. The molecule has 2 amide bonds. The number of aromatic nitrogens is 1. The second-order valence-corrected chi connectivity index (χ2v) is 6.25. The topological polar surface area (TPSA) is 81.8 Å². The number of hydrogen-bond acceptors (Lipinski definition) is 5. The number of carbonyl (C=O) groups is 1. The third-order valence-corrected chi connectivity index (χ3v) is 4.62. The number of rotatable bonds is 4. The molecule has 1 saturated heterocycles. The fourth-order valence-electron chi connectivity index (χ4n) is 3.15. The SMILES string of the molecule is Cc1noc(C)c1CCNC(=O)N1CCN(c2ccccc2O)CC1. The van der Waals surface area contributed by atoms with Crippen molar-refractivity contribution >= 4 is 11.7 Å². The zero-order valence-electron chi connectivity index (χ0n) is 14.7. The first kappa shape index (κ1) is 17.1. The molecular formula is C18H24N4O3. The number of piperazine rings is 1. The van der Waals surface area contributed by atoms with E-state index in [1.54, 1.807) is 6.07 Å². The number of nitrogens with one attached hydrogen (secondary N) is 1. The molecule has 2 aromatic rings. The monoisotopic (exact) mass is 344 g/mol. The van der Waals surface area contributed by atoms with Crippen molar-refractivity contribution in [3.8, 4) is 5.75 Å². The Morgan fingerprint density at radius 2 is 1.96 bits per heavy atom. The van der Waals surface area contributed by atoms with Crippen LogP contribution in [0.2, 0.25) is 0 Å². The molecule has 134 valence electrons. The molecule has 0 atom stereocenters. The van der Waals surface area contributed by atoms with E-state index in [2.05, 4.69) is 15.4 Å². The van der Waals surface area contributed by atoms with Gasteiger partial charge in [-0.25, -0.2) is 4.79 Å². The third-order valence-electron chi connectivity index (χ3n) is 4.62. The van der Waals surface area contributed by atoms with Gasteiger partial charge in [-0.15, -0.1) is 0 Å². The van der Waals surface area contributed by atoms with E-state index in [1.165, 1.54) is 0 Å². The van der Waals surface area contributed by atoms with Crippen LogP contribution >= 0.6 is 0 Å². The first-order chi connectivity index (χ1) is 12.1. The number of aryl methyl sites for hydroxylation is 2. The molecule has 0 radical (unpaired) electrons. The number of nitrogens with zero attached hydrogens (tertiary/aromatic N) is 3. The molecule has 1 fully saturated rings. The lowest BCUT2D eigenvalue weighted by atomic mass is 10.1. The number of amides is 2. The molecule has 1 aromatic heterocycles. The minimum absolute atomic E-state index is 0.0521. The van der Waals surface area contributed by atoms with E-state index >= 15 is 0 Å². The van der Waals surface area contributed by atoms with Crippen LogP contribution in [0, 0.1) is 13.8 Å². The number of aromatic hydroxyl groups is 1. The highest BCUT2D eigenvalue weighted by Gasteiger charge is 2.22. The Labute approximate surface area is 147 Å². The largest absolute Gasteiger partial charge is 0.506 e. The zero-order chi connectivity index (χ0) is 17.8. The summed E-state index contributed by atoms with van der Waals surface area (Å²) >= 11 is 0. The van der Waals surface area contributed by atoms with Crippen molar-refractivity contribution in [1.82, 2.24) is 15.4 Å². The molecule has 0 bridgehead atoms. The lowest BCUT2D eigenvalue weighted by molar-refractivity contribution is 0.194. The number of anilines is 1. The van der Waals surface area contributed by atoms with Gasteiger partial charge in [-0.1, -0.05) is 17.3 Å². The molecule has 0 spiro atoms. The standard InChI is InChI=1S/C18H24N4O3/c1-13-15(14(2)25-20-13)7-8-19-18(24)22-11-9-21(10-12-22)16-5-3-4-6-17(16)23/h3-6,23H,7-12H2,1-2H3,(H,19,24). The van der Waals surface area contributed by atoms with E-state index in [-0.39, 0.29) is 11.8 Å². The Morgan fingerprint density at radius 3 is 2.60 bits per heavy atom. The molecular weight excluding hydrogens is 320 g/mol. The predicted molar refractivity (Wildman–Crippen MR) is 95.0 cm³/mol. The van der Waals surface area contributed by atoms with Crippen molar-refractivity contribution in [2.24, 2.45) is 0 Å². The molecule has 25 heavy (non-hydrogen) atoms. The molecule has 2 heterocycles. The van der Waals surface area contributed by atoms with Gasteiger partial charge >= 0.3 is 6.03 Å². The van der Waals surface area contributed by atoms with Crippen LogP contribution in [0.4, 0.5) is 10.5 Å². The number of urea groups is 1. The van der Waals surface area contributed by atoms with E-state index in [0.29, 0.717) is 39.1 Å². The molecule has 1 aliphatic heterocycles. The Kier molecular flexibility index (Phi) is 5.11. The number of para-hydroxylation sites is 2. The Hall–Kier alpha value is -2.70. The normalized spacial score (nSPS) is 14.6. The van der Waals surface area contributed by atoms with Gasteiger partial charge in [0.2, 0.25) is 0 Å². The van der Waals surface area contributed by atoms with Crippen LogP contribution in [0.5, 0.6) is 5.75 Å². The van der Waals surface area contributed by atoms with Gasteiger partial charge in [0.25, 0.3) is 0 Å². The Morgan fingerprint density at radius 1 is 1.24 bits per heavy atom. The van der Waals surface area contributed by atoms with Crippen molar-refractivity contribution in [2.75, 3.05) is 37.6 Å². The Balaban J connectivity index is 1.46. The van der Waals surface area contributed by atoms with E-state index in [0.717, 1.165) is 22.7 Å². The fraction of sp³-hybridized carbons (Fsp3) is 0.444. The molecule has 1 aromatic carbocycles. The first-order valence-electron chi connectivity index (χ1n) is 8.53. The third kappa shape index (κ3) is 3.87. The summed E-state index contributed by atoms with van der Waals surface area (Å²) in [6, 6.07) is 7.24. The van der Waals surface area contributed by atoms with Crippen molar-refractivity contribution < 1.29 is 14.4 Å². The minimum atomic E-state index is -0.0521. The van der Waals surface area contributed by atoms with Crippen LogP contribution in [0.15, 0.2) is 28.8 Å². The maximum Gasteiger partial charge on any atom is 0.317 e. The summed E-state index contributed by atoms with van der Waals surface area (Å²) in [4.78, 5) is 16.2. The van der Waals surface area contributed by atoms with Gasteiger partial charge in [-0.05, 0) is 32.4 Å². The van der Waals surface area contributed by atoms with Crippen LogP contribution < -0.4 is 10.2 Å². The quantitative estimate of drug-likeness (QED) is 0.887. The van der Waals surface area contributed by atoms with Gasteiger partial charge in [0.15, 0.2) is 0 Å². The number of benzene rings is 1. The van der Waals surface area contributed by atoms with Gasteiger partial charge in [-0.3, -0.25) is 0 Å². The lowest BCUT2D eigenvalue weighted by Gasteiger charge is -2.36. The molecule has 0 unspecified atom stereocenters. The minimum Gasteiger partial charge on any atom is -0.506 e. The van der Waals surface area contributed by atoms with Crippen LogP contribution in [0.3, 0.4) is 0 Å². The maximum atomic E-state index is 12.3. The molecule has 0 aliphatic carbocycles. The van der Waals surface area contributed by atoms with Crippen molar-refractivity contribution in [2.45, 2.75) is 20.3 Å². The fourth-order valence-corrected chi connectivity index (χ4v) is 3.15. The number of phenolic OH excluding ortho intramolecular Hbond substituents is 1. The molecule has 0 saturated carbocycles. The van der Waals surface area contributed by atoms with Gasteiger partial charge in [0.05, 0.1) is 11.4 Å². The maximum absolute atomic E-state index is 12.3. The molecule has 2 N–H and O–H groups in total. The van der Waals surface area contributed by atoms with E-state index in [4.69, 9.17) is 4.52 Å². The van der Waals surface area contributed by atoms with Gasteiger partial charge < -0.3 is 24.7 Å². The summed E-state index contributed by atoms with van der Waals surface area (Å²) in [6.07, 6.45) is 0.713. The van der Waals surface area contributed by atoms with E-state index in [9.17, 15) is 9.90 Å². The molecule has 7 heteroatoms. The van der Waals surface area contributed by atoms with Crippen molar-refractivity contribution in [3.05, 3.63) is 41.3 Å². The zero-order valence-corrected chi connectivity index (χ0v) is 14.7. The summed E-state index contributed by atoms with van der Waals surface area (Å²) in [5, 5.41) is 16.8. The molecule has 3 rings (SSSR count). The van der Waals surface area contributed by atoms with Crippen LogP contribution in [0.1, 0.15) is 17.0 Å². The van der Waals surface area contributed by atoms with Crippen LogP contribution in [-0.2, 0) is 6.42 Å². The average Bonchev–Trinajstić information content (AvgIpc) is 2.94. The van der Waals surface area contributed by atoms with Crippen LogP contribution in [0.25, 0.3) is 0 Å².